The number of likely N-dealkylation sites (tertiary alicyclic amines) is 1. The number of allylic oxidation sites excluding steroid dienone is 1. The number of nitrogen functional groups attached to an aromatic ring is 1. The number of rotatable bonds is 9. The monoisotopic (exact) mass is 504 g/mol. The predicted octanol–water partition coefficient (Wildman–Crippen LogP) is 3.77. The van der Waals surface area contributed by atoms with Crippen molar-refractivity contribution in [3.63, 3.8) is 0 Å². The van der Waals surface area contributed by atoms with Crippen LogP contribution in [0, 0.1) is 0 Å². The van der Waals surface area contributed by atoms with E-state index in [1.54, 1.807) is 20.4 Å². The number of ether oxygens (including phenoxy) is 2. The van der Waals surface area contributed by atoms with Gasteiger partial charge in [0.15, 0.2) is 5.82 Å². The first-order valence-corrected chi connectivity index (χ1v) is 12.7. The molecule has 1 unspecified atom stereocenters. The van der Waals surface area contributed by atoms with Crippen molar-refractivity contribution >= 4 is 35.0 Å². The molecule has 0 spiro atoms. The summed E-state index contributed by atoms with van der Waals surface area (Å²) >= 11 is 0. The minimum Gasteiger partial charge on any atom is -0.496 e. The number of aromatic nitrogens is 2. The lowest BCUT2D eigenvalue weighted by Crippen LogP contribution is -2.43. The number of hydrogen-bond donors (Lipinski definition) is 2. The van der Waals surface area contributed by atoms with Gasteiger partial charge in [0.05, 0.1) is 43.0 Å². The van der Waals surface area contributed by atoms with E-state index in [2.05, 4.69) is 45.2 Å². The maximum absolute atomic E-state index is 6.49. The molecule has 3 heterocycles. The van der Waals surface area contributed by atoms with Gasteiger partial charge in [-0.05, 0) is 51.4 Å². The highest BCUT2D eigenvalue weighted by molar-refractivity contribution is 5.89. The number of nitrogens with zero attached hydrogens (tertiary/aromatic N) is 6. The predicted molar refractivity (Wildman–Crippen MR) is 149 cm³/mol. The van der Waals surface area contributed by atoms with Gasteiger partial charge in [-0.3, -0.25) is 0 Å². The van der Waals surface area contributed by atoms with Gasteiger partial charge in [-0.15, -0.1) is 0 Å². The molecule has 2 aromatic rings. The number of fused-ring (bicyclic) bond motifs is 1. The van der Waals surface area contributed by atoms with Crippen molar-refractivity contribution in [1.29, 1.82) is 0 Å². The molecule has 2 aliphatic heterocycles. The molecule has 1 aromatic heterocycles. The van der Waals surface area contributed by atoms with Crippen LogP contribution in [-0.2, 0) is 4.74 Å². The van der Waals surface area contributed by atoms with Crippen LogP contribution in [0.15, 0.2) is 53.0 Å². The fourth-order valence-electron chi connectivity index (χ4n) is 5.25. The van der Waals surface area contributed by atoms with Gasteiger partial charge in [0.2, 0.25) is 5.95 Å². The molecule has 196 valence electrons. The fourth-order valence-corrected chi connectivity index (χ4v) is 5.25. The van der Waals surface area contributed by atoms with Crippen LogP contribution in [0.4, 0.5) is 28.8 Å². The third-order valence-electron chi connectivity index (χ3n) is 7.43. The van der Waals surface area contributed by atoms with Crippen molar-refractivity contribution in [2.24, 2.45) is 5.10 Å². The van der Waals surface area contributed by atoms with Crippen LogP contribution < -0.4 is 25.7 Å². The summed E-state index contributed by atoms with van der Waals surface area (Å²) in [7, 11) is 5.40. The van der Waals surface area contributed by atoms with E-state index in [-0.39, 0.29) is 5.54 Å². The number of likely N-dealkylation sites (N-methyl/N-ethyl adjacent to an activating group) is 1. The van der Waals surface area contributed by atoms with Crippen molar-refractivity contribution in [2.45, 2.75) is 31.7 Å². The molecule has 3 N–H and O–H groups in total. The summed E-state index contributed by atoms with van der Waals surface area (Å²) in [4.78, 5) is 13.9. The molecule has 37 heavy (non-hydrogen) atoms. The zero-order chi connectivity index (χ0) is 26.0. The highest BCUT2D eigenvalue weighted by Gasteiger charge is 2.43. The Morgan fingerprint density at radius 1 is 1.19 bits per heavy atom. The fraction of sp³-hybridized carbons (Fsp3) is 0.444. The van der Waals surface area contributed by atoms with Crippen molar-refractivity contribution in [1.82, 2.24) is 14.9 Å². The molecule has 10 nitrogen and oxygen atoms in total. The molecule has 0 bridgehead atoms. The van der Waals surface area contributed by atoms with Gasteiger partial charge in [0, 0.05) is 44.0 Å². The number of nitrogens with two attached hydrogens (primary N) is 1. The summed E-state index contributed by atoms with van der Waals surface area (Å²) in [5.74, 6) is 2.60. The molecule has 0 saturated carbocycles. The van der Waals surface area contributed by atoms with Crippen LogP contribution in [0.2, 0.25) is 0 Å². The number of methoxy groups -OCH3 is 2. The topological polar surface area (TPSA) is 104 Å². The lowest BCUT2D eigenvalue weighted by Gasteiger charge is -2.36. The Bertz CT molecular complexity index is 1240. The smallest absolute Gasteiger partial charge is 0.229 e. The molecule has 10 heteroatoms. The molecular weight excluding hydrogens is 468 g/mol. The van der Waals surface area contributed by atoms with Crippen molar-refractivity contribution < 1.29 is 9.47 Å². The van der Waals surface area contributed by atoms with Crippen LogP contribution in [-0.4, -0.2) is 74.1 Å². The SMILES string of the molecule is COC1=C2C=NN(c3ccnc(Nc4cc(N)c(N(C)CCN5CCCC5)cc4OC)n3)C2(C)CC=C1. The van der Waals surface area contributed by atoms with E-state index in [0.29, 0.717) is 28.9 Å². The van der Waals surface area contributed by atoms with Crippen LogP contribution in [0.3, 0.4) is 0 Å². The number of benzene rings is 1. The van der Waals surface area contributed by atoms with Crippen molar-refractivity contribution in [3.05, 3.63) is 47.9 Å². The molecule has 5 rings (SSSR count). The minimum atomic E-state index is -0.380. The zero-order valence-corrected chi connectivity index (χ0v) is 22.1. The maximum Gasteiger partial charge on any atom is 0.229 e. The summed E-state index contributed by atoms with van der Waals surface area (Å²) in [6.07, 6.45) is 11.0. The van der Waals surface area contributed by atoms with Crippen molar-refractivity contribution in [2.75, 3.05) is 68.4 Å². The number of anilines is 5. The van der Waals surface area contributed by atoms with Crippen LogP contribution in [0.5, 0.6) is 5.75 Å². The molecule has 0 radical (unpaired) electrons. The Hall–Kier alpha value is -3.79. The zero-order valence-electron chi connectivity index (χ0n) is 22.1. The van der Waals surface area contributed by atoms with E-state index in [1.807, 2.05) is 35.5 Å². The summed E-state index contributed by atoms with van der Waals surface area (Å²) in [5.41, 5.74) is 9.44. The van der Waals surface area contributed by atoms with Gasteiger partial charge in [-0.2, -0.15) is 10.1 Å². The van der Waals surface area contributed by atoms with Gasteiger partial charge in [0.1, 0.15) is 11.5 Å². The molecule has 1 aromatic carbocycles. The Morgan fingerprint density at radius 3 is 2.76 bits per heavy atom. The standard InChI is InChI=1S/C27H36N8O2/c1-27-10-7-8-23(36-3)19(27)18-30-35(27)25-9-11-29-26(32-25)31-21-16-20(28)22(17-24(21)37-4)33(2)14-15-34-12-5-6-13-34/h7-9,11,16-18H,5-6,10,12-15,28H2,1-4H3,(H,29,31,32). The number of hydrazone groups is 1. The first-order chi connectivity index (χ1) is 17.9. The molecule has 1 fully saturated rings. The molecule has 1 aliphatic carbocycles. The van der Waals surface area contributed by atoms with Gasteiger partial charge >= 0.3 is 0 Å². The summed E-state index contributed by atoms with van der Waals surface area (Å²) in [6.45, 7) is 6.42. The van der Waals surface area contributed by atoms with E-state index < -0.39 is 0 Å². The quantitative estimate of drug-likeness (QED) is 0.494. The van der Waals surface area contributed by atoms with Gasteiger partial charge < -0.3 is 30.3 Å². The lowest BCUT2D eigenvalue weighted by molar-refractivity contribution is 0.294. The molecule has 0 amide bonds. The maximum atomic E-state index is 6.49. The average Bonchev–Trinajstić information content (AvgIpc) is 3.55. The third kappa shape index (κ3) is 4.81. The molecule has 3 aliphatic rings. The minimum absolute atomic E-state index is 0.380. The van der Waals surface area contributed by atoms with Gasteiger partial charge in [0.25, 0.3) is 0 Å². The van der Waals surface area contributed by atoms with Crippen LogP contribution in [0.1, 0.15) is 26.2 Å². The Balaban J connectivity index is 1.35. The van der Waals surface area contributed by atoms with E-state index in [1.165, 1.54) is 25.9 Å². The second kappa shape index (κ2) is 10.3. The normalized spacial score (nSPS) is 20.9. The van der Waals surface area contributed by atoms with Gasteiger partial charge in [-0.25, -0.2) is 9.99 Å². The van der Waals surface area contributed by atoms with Gasteiger partial charge in [-0.1, -0.05) is 6.08 Å². The summed E-state index contributed by atoms with van der Waals surface area (Å²) in [5, 5.41) is 9.86. The Labute approximate surface area is 218 Å². The summed E-state index contributed by atoms with van der Waals surface area (Å²) in [6, 6.07) is 5.70. The number of hydrogen-bond acceptors (Lipinski definition) is 10. The Kier molecular flexibility index (Phi) is 6.92. The first-order valence-electron chi connectivity index (χ1n) is 12.7. The molecular formula is C27H36N8O2. The van der Waals surface area contributed by atoms with E-state index in [9.17, 15) is 0 Å². The van der Waals surface area contributed by atoms with E-state index >= 15 is 0 Å². The average molecular weight is 505 g/mol. The highest BCUT2D eigenvalue weighted by Crippen LogP contribution is 2.41. The molecule has 1 saturated heterocycles. The van der Waals surface area contributed by atoms with Crippen molar-refractivity contribution in [3.8, 4) is 5.75 Å². The largest absolute Gasteiger partial charge is 0.496 e. The third-order valence-corrected chi connectivity index (χ3v) is 7.43. The van der Waals surface area contributed by atoms with Crippen LogP contribution >= 0.6 is 0 Å². The van der Waals surface area contributed by atoms with Crippen LogP contribution in [0.25, 0.3) is 0 Å². The van der Waals surface area contributed by atoms with E-state index in [4.69, 9.17) is 20.2 Å². The molecule has 1 atom stereocenters. The number of nitrogens with one attached hydrogen (secondary N) is 1. The second-order valence-corrected chi connectivity index (χ2v) is 9.86. The summed E-state index contributed by atoms with van der Waals surface area (Å²) < 4.78 is 11.3. The first kappa shape index (κ1) is 24.9. The second-order valence-electron chi connectivity index (χ2n) is 9.86. The Morgan fingerprint density at radius 2 is 2.00 bits per heavy atom. The highest BCUT2D eigenvalue weighted by atomic mass is 16.5. The van der Waals surface area contributed by atoms with E-state index in [0.717, 1.165) is 36.5 Å². The lowest BCUT2D eigenvalue weighted by atomic mass is 9.85.